The van der Waals surface area contributed by atoms with Crippen LogP contribution in [-0.4, -0.2) is 26.0 Å². The lowest BCUT2D eigenvalue weighted by atomic mass is 10.2. The number of nitrogens with zero attached hydrogens (tertiary/aromatic N) is 1. The van der Waals surface area contributed by atoms with Crippen LogP contribution >= 0.6 is 0 Å². The molecule has 20 heavy (non-hydrogen) atoms. The predicted octanol–water partition coefficient (Wildman–Crippen LogP) is 1.66. The quantitative estimate of drug-likeness (QED) is 0.765. The molecule has 1 aliphatic rings. The Morgan fingerprint density at radius 3 is 2.65 bits per heavy atom. The lowest BCUT2D eigenvalue weighted by Gasteiger charge is -2.09. The van der Waals surface area contributed by atoms with E-state index in [1.54, 1.807) is 18.3 Å². The third kappa shape index (κ3) is 4.85. The summed E-state index contributed by atoms with van der Waals surface area (Å²) in [4.78, 5) is 4.05. The van der Waals surface area contributed by atoms with Crippen LogP contribution in [0, 0.1) is 5.92 Å². The molecule has 1 aliphatic carbocycles. The van der Waals surface area contributed by atoms with Gasteiger partial charge < -0.3 is 5.32 Å². The zero-order valence-electron chi connectivity index (χ0n) is 12.1. The zero-order valence-corrected chi connectivity index (χ0v) is 12.9. The molecule has 2 N–H and O–H groups in total. The van der Waals surface area contributed by atoms with Gasteiger partial charge in [0.15, 0.2) is 5.03 Å². The molecule has 1 aromatic heterocycles. The van der Waals surface area contributed by atoms with E-state index in [9.17, 15) is 8.42 Å². The van der Waals surface area contributed by atoms with Crippen molar-refractivity contribution < 1.29 is 8.42 Å². The third-order valence-corrected chi connectivity index (χ3v) is 4.71. The van der Waals surface area contributed by atoms with Crippen LogP contribution in [-0.2, 0) is 16.6 Å². The average molecular weight is 297 g/mol. The molecule has 0 atom stereocenters. The first kappa shape index (κ1) is 15.4. The van der Waals surface area contributed by atoms with Crippen LogP contribution in [0.15, 0.2) is 23.4 Å². The van der Waals surface area contributed by atoms with Gasteiger partial charge in [-0.1, -0.05) is 32.8 Å². The van der Waals surface area contributed by atoms with E-state index in [1.165, 1.54) is 12.8 Å². The van der Waals surface area contributed by atoms with E-state index in [1.807, 2.05) is 0 Å². The van der Waals surface area contributed by atoms with E-state index in [0.29, 0.717) is 19.1 Å². The molecule has 112 valence electrons. The molecular formula is C14H23N3O2S. The van der Waals surface area contributed by atoms with Gasteiger partial charge in [0.25, 0.3) is 10.0 Å². The van der Waals surface area contributed by atoms with Crippen molar-refractivity contribution in [3.8, 4) is 0 Å². The molecule has 0 saturated heterocycles. The molecule has 0 aromatic carbocycles. The fraction of sp³-hybridized carbons (Fsp3) is 0.643. The molecule has 1 heterocycles. The average Bonchev–Trinajstić information content (AvgIpc) is 3.21. The van der Waals surface area contributed by atoms with Crippen molar-refractivity contribution in [3.63, 3.8) is 0 Å². The first-order valence-corrected chi connectivity index (χ1v) is 8.63. The largest absolute Gasteiger partial charge is 0.310 e. The molecule has 0 radical (unpaired) electrons. The highest BCUT2D eigenvalue weighted by Crippen LogP contribution is 2.31. The molecule has 0 bridgehead atoms. The summed E-state index contributed by atoms with van der Waals surface area (Å²) in [7, 11) is -3.46. The highest BCUT2D eigenvalue weighted by molar-refractivity contribution is 7.89. The normalized spacial score (nSPS) is 15.8. The monoisotopic (exact) mass is 297 g/mol. The standard InChI is InChI=1S/C14H23N3O2S/c1-11(2)15-9-13-5-6-14(16-10-13)20(18,19)17-8-7-12-3-4-12/h5-6,10-12,15,17H,3-4,7-9H2,1-2H3. The van der Waals surface area contributed by atoms with E-state index in [-0.39, 0.29) is 5.03 Å². The highest BCUT2D eigenvalue weighted by atomic mass is 32.2. The minimum Gasteiger partial charge on any atom is -0.310 e. The van der Waals surface area contributed by atoms with Crippen LogP contribution in [0.5, 0.6) is 0 Å². The van der Waals surface area contributed by atoms with Crippen LogP contribution in [0.25, 0.3) is 0 Å². The molecule has 1 saturated carbocycles. The van der Waals surface area contributed by atoms with Crippen molar-refractivity contribution >= 4 is 10.0 Å². The Morgan fingerprint density at radius 2 is 2.10 bits per heavy atom. The molecule has 0 spiro atoms. The molecule has 5 nitrogen and oxygen atoms in total. The van der Waals surface area contributed by atoms with Crippen molar-refractivity contribution in [1.82, 2.24) is 15.0 Å². The van der Waals surface area contributed by atoms with Gasteiger partial charge in [-0.25, -0.2) is 18.1 Å². The predicted molar refractivity (Wildman–Crippen MR) is 78.7 cm³/mol. The summed E-state index contributed by atoms with van der Waals surface area (Å²) in [6.07, 6.45) is 5.01. The van der Waals surface area contributed by atoms with Gasteiger partial charge in [0, 0.05) is 25.3 Å². The zero-order chi connectivity index (χ0) is 14.6. The number of nitrogens with one attached hydrogen (secondary N) is 2. The highest BCUT2D eigenvalue weighted by Gasteiger charge is 2.22. The molecule has 1 fully saturated rings. The summed E-state index contributed by atoms with van der Waals surface area (Å²) in [5.41, 5.74) is 0.982. The van der Waals surface area contributed by atoms with Gasteiger partial charge in [0.1, 0.15) is 0 Å². The van der Waals surface area contributed by atoms with E-state index < -0.39 is 10.0 Å². The second kappa shape index (κ2) is 6.65. The van der Waals surface area contributed by atoms with E-state index in [4.69, 9.17) is 0 Å². The van der Waals surface area contributed by atoms with Crippen LogP contribution < -0.4 is 10.0 Å². The molecule has 2 rings (SSSR count). The number of pyridine rings is 1. The Bertz CT molecular complexity index is 522. The van der Waals surface area contributed by atoms with Crippen LogP contribution in [0.3, 0.4) is 0 Å². The van der Waals surface area contributed by atoms with E-state index in [2.05, 4.69) is 28.9 Å². The summed E-state index contributed by atoms with van der Waals surface area (Å²) < 4.78 is 26.7. The Balaban J connectivity index is 1.89. The Labute approximate surface area is 121 Å². The molecule has 6 heteroatoms. The lowest BCUT2D eigenvalue weighted by molar-refractivity contribution is 0.570. The number of hydrogen-bond donors (Lipinski definition) is 2. The molecular weight excluding hydrogens is 274 g/mol. The van der Waals surface area contributed by atoms with Crippen molar-refractivity contribution in [1.29, 1.82) is 0 Å². The number of sulfonamides is 1. The van der Waals surface area contributed by atoms with Crippen LogP contribution in [0.1, 0.15) is 38.7 Å². The molecule has 1 aromatic rings. The lowest BCUT2D eigenvalue weighted by Crippen LogP contribution is -2.26. The summed E-state index contributed by atoms with van der Waals surface area (Å²) in [6, 6.07) is 3.76. The first-order chi connectivity index (χ1) is 9.47. The topological polar surface area (TPSA) is 71.1 Å². The number of rotatable bonds is 8. The second-order valence-electron chi connectivity index (χ2n) is 5.67. The van der Waals surface area contributed by atoms with E-state index >= 15 is 0 Å². The van der Waals surface area contributed by atoms with Crippen molar-refractivity contribution in [3.05, 3.63) is 23.9 Å². The number of hydrogen-bond acceptors (Lipinski definition) is 4. The molecule has 0 amide bonds. The maximum absolute atomic E-state index is 12.0. The smallest absolute Gasteiger partial charge is 0.258 e. The van der Waals surface area contributed by atoms with Gasteiger partial charge >= 0.3 is 0 Å². The minimum atomic E-state index is -3.46. The summed E-state index contributed by atoms with van der Waals surface area (Å²) in [5.74, 6) is 0.718. The van der Waals surface area contributed by atoms with Crippen LogP contribution in [0.2, 0.25) is 0 Å². The van der Waals surface area contributed by atoms with Crippen LogP contribution in [0.4, 0.5) is 0 Å². The van der Waals surface area contributed by atoms with Gasteiger partial charge in [-0.2, -0.15) is 0 Å². The number of aromatic nitrogens is 1. The molecule has 0 aliphatic heterocycles. The van der Waals surface area contributed by atoms with E-state index in [0.717, 1.165) is 17.9 Å². The fourth-order valence-electron chi connectivity index (χ4n) is 1.87. The summed E-state index contributed by atoms with van der Waals surface area (Å²) in [5, 5.41) is 3.37. The van der Waals surface area contributed by atoms with Crippen molar-refractivity contribution in [2.45, 2.75) is 50.7 Å². The van der Waals surface area contributed by atoms with Gasteiger partial charge in [0.2, 0.25) is 0 Å². The first-order valence-electron chi connectivity index (χ1n) is 7.15. The molecule has 0 unspecified atom stereocenters. The summed E-state index contributed by atoms with van der Waals surface area (Å²) >= 11 is 0. The van der Waals surface area contributed by atoms with Gasteiger partial charge in [0.05, 0.1) is 0 Å². The van der Waals surface area contributed by atoms with Gasteiger partial charge in [-0.3, -0.25) is 0 Å². The summed E-state index contributed by atoms with van der Waals surface area (Å²) in [6.45, 7) is 5.33. The Kier molecular flexibility index (Phi) is 5.12. The maximum atomic E-state index is 12.0. The SMILES string of the molecule is CC(C)NCc1ccc(S(=O)(=O)NCCC2CC2)nc1. The van der Waals surface area contributed by atoms with Gasteiger partial charge in [-0.05, 0) is 24.0 Å². The Hall–Kier alpha value is -0.980. The Morgan fingerprint density at radius 1 is 1.35 bits per heavy atom. The second-order valence-corrected chi connectivity index (χ2v) is 7.38. The third-order valence-electron chi connectivity index (χ3n) is 3.33. The maximum Gasteiger partial charge on any atom is 0.258 e. The fourth-order valence-corrected chi connectivity index (χ4v) is 2.85. The minimum absolute atomic E-state index is 0.0987. The van der Waals surface area contributed by atoms with Crippen molar-refractivity contribution in [2.24, 2.45) is 5.92 Å². The van der Waals surface area contributed by atoms with Crippen molar-refractivity contribution in [2.75, 3.05) is 6.54 Å². The van der Waals surface area contributed by atoms with Gasteiger partial charge in [-0.15, -0.1) is 0 Å².